The molecule has 1 heterocycles. The van der Waals surface area contributed by atoms with E-state index in [9.17, 15) is 4.79 Å². The number of hydrogen-bond acceptors (Lipinski definition) is 1. The Morgan fingerprint density at radius 3 is 2.40 bits per heavy atom. The van der Waals surface area contributed by atoms with Crippen molar-refractivity contribution in [1.82, 2.24) is 0 Å². The minimum absolute atomic E-state index is 0.102. The first kappa shape index (κ1) is 7.54. The molecule has 1 N–H and O–H groups in total. The number of carbonyl (C=O) groups is 1. The molecule has 1 unspecified atom stereocenters. The van der Waals surface area contributed by atoms with Gasteiger partial charge in [-0.2, -0.15) is 0 Å². The predicted molar refractivity (Wildman–Crippen MR) is 37.6 cm³/mol. The van der Waals surface area contributed by atoms with E-state index in [1.54, 1.807) is 0 Å². The predicted octanol–water partition coefficient (Wildman–Crippen LogP) is 0.167. The van der Waals surface area contributed by atoms with Gasteiger partial charge in [0.05, 0.1) is 27.2 Å². The molecule has 3 nitrogen and oxygen atoms in total. The summed E-state index contributed by atoms with van der Waals surface area (Å²) < 4.78 is 0.858. The average molecular weight is 144 g/mol. The summed E-state index contributed by atoms with van der Waals surface area (Å²) in [6.45, 7) is 1.78. The van der Waals surface area contributed by atoms with Crippen molar-refractivity contribution < 1.29 is 14.4 Å². The largest absolute Gasteiger partial charge is 0.481 e. The van der Waals surface area contributed by atoms with Crippen LogP contribution in [0.2, 0.25) is 0 Å². The van der Waals surface area contributed by atoms with Crippen molar-refractivity contribution in [3.8, 4) is 0 Å². The lowest BCUT2D eigenvalue weighted by Crippen LogP contribution is -2.37. The van der Waals surface area contributed by atoms with Crippen LogP contribution in [0.3, 0.4) is 0 Å². The van der Waals surface area contributed by atoms with Crippen LogP contribution in [-0.4, -0.2) is 42.7 Å². The van der Waals surface area contributed by atoms with E-state index in [1.165, 1.54) is 0 Å². The maximum Gasteiger partial charge on any atom is 0.312 e. The molecule has 0 spiro atoms. The van der Waals surface area contributed by atoms with E-state index in [-0.39, 0.29) is 5.92 Å². The molecule has 0 aromatic rings. The van der Waals surface area contributed by atoms with Crippen molar-refractivity contribution in [3.05, 3.63) is 0 Å². The highest BCUT2D eigenvalue weighted by Crippen LogP contribution is 2.19. The van der Waals surface area contributed by atoms with Crippen molar-refractivity contribution in [2.75, 3.05) is 27.2 Å². The summed E-state index contributed by atoms with van der Waals surface area (Å²) in [6.07, 6.45) is 0.836. The SMILES string of the molecule is C[N+]1(C)CCC(C(=O)O)C1. The summed E-state index contributed by atoms with van der Waals surface area (Å²) in [5.41, 5.74) is 0. The number of carboxylic acid groups (broad SMARTS) is 1. The van der Waals surface area contributed by atoms with Crippen LogP contribution in [0.15, 0.2) is 0 Å². The molecule has 0 aromatic heterocycles. The van der Waals surface area contributed by atoms with Crippen LogP contribution in [-0.2, 0) is 4.79 Å². The lowest BCUT2D eigenvalue weighted by Gasteiger charge is -2.22. The molecule has 1 aliphatic rings. The molecule has 0 amide bonds. The Kier molecular flexibility index (Phi) is 1.68. The molecule has 1 fully saturated rings. The summed E-state index contributed by atoms with van der Waals surface area (Å²) in [7, 11) is 4.14. The molecule has 1 rings (SSSR count). The zero-order chi connectivity index (χ0) is 7.78. The number of quaternary nitrogens is 1. The van der Waals surface area contributed by atoms with Gasteiger partial charge in [0.2, 0.25) is 0 Å². The highest BCUT2D eigenvalue weighted by atomic mass is 16.4. The molecule has 58 valence electrons. The third kappa shape index (κ3) is 1.48. The highest BCUT2D eigenvalue weighted by molar-refractivity contribution is 5.70. The van der Waals surface area contributed by atoms with Crippen LogP contribution in [0.25, 0.3) is 0 Å². The average Bonchev–Trinajstić information content (AvgIpc) is 2.10. The van der Waals surface area contributed by atoms with Gasteiger partial charge in [-0.05, 0) is 0 Å². The standard InChI is InChI=1S/C7H13NO2/c1-8(2)4-3-6(5-8)7(9)10/h6H,3-5H2,1-2H3/p+1. The summed E-state index contributed by atoms with van der Waals surface area (Å²) >= 11 is 0. The molecule has 1 saturated heterocycles. The second kappa shape index (κ2) is 2.23. The molecular formula is C7H14NO2+. The summed E-state index contributed by atoms with van der Waals surface area (Å²) in [5.74, 6) is -0.737. The van der Waals surface area contributed by atoms with E-state index in [2.05, 4.69) is 14.1 Å². The second-order valence-electron chi connectivity index (χ2n) is 3.67. The monoisotopic (exact) mass is 144 g/mol. The quantitative estimate of drug-likeness (QED) is 0.532. The van der Waals surface area contributed by atoms with Gasteiger partial charge in [0.15, 0.2) is 0 Å². The van der Waals surface area contributed by atoms with Crippen molar-refractivity contribution in [2.24, 2.45) is 5.92 Å². The number of likely N-dealkylation sites (tertiary alicyclic amines) is 1. The van der Waals surface area contributed by atoms with Gasteiger partial charge in [0.1, 0.15) is 5.92 Å². The van der Waals surface area contributed by atoms with Gasteiger partial charge in [-0.1, -0.05) is 0 Å². The Hall–Kier alpha value is -0.570. The molecule has 10 heavy (non-hydrogen) atoms. The number of carboxylic acids is 1. The molecule has 1 aliphatic heterocycles. The van der Waals surface area contributed by atoms with Gasteiger partial charge in [-0.15, -0.1) is 0 Å². The van der Waals surface area contributed by atoms with Crippen molar-refractivity contribution in [3.63, 3.8) is 0 Å². The summed E-state index contributed by atoms with van der Waals surface area (Å²) in [5, 5.41) is 8.64. The number of aliphatic carboxylic acids is 1. The summed E-state index contributed by atoms with van der Waals surface area (Å²) in [6, 6.07) is 0. The summed E-state index contributed by atoms with van der Waals surface area (Å²) in [4.78, 5) is 10.5. The fourth-order valence-corrected chi connectivity index (χ4v) is 1.49. The maximum atomic E-state index is 10.5. The van der Waals surface area contributed by atoms with Crippen LogP contribution in [0, 0.1) is 5.92 Å². The molecule has 0 saturated carbocycles. The van der Waals surface area contributed by atoms with Gasteiger partial charge in [-0.25, -0.2) is 0 Å². The fraction of sp³-hybridized carbons (Fsp3) is 0.857. The number of nitrogens with zero attached hydrogens (tertiary/aromatic N) is 1. The van der Waals surface area contributed by atoms with Crippen molar-refractivity contribution in [1.29, 1.82) is 0 Å². The first-order valence-corrected chi connectivity index (χ1v) is 3.56. The fourth-order valence-electron chi connectivity index (χ4n) is 1.49. The van der Waals surface area contributed by atoms with Crippen LogP contribution in [0.1, 0.15) is 6.42 Å². The zero-order valence-corrected chi connectivity index (χ0v) is 6.50. The van der Waals surface area contributed by atoms with Gasteiger partial charge in [0, 0.05) is 6.42 Å². The van der Waals surface area contributed by atoms with E-state index in [1.807, 2.05) is 0 Å². The van der Waals surface area contributed by atoms with Gasteiger partial charge >= 0.3 is 5.97 Å². The van der Waals surface area contributed by atoms with E-state index >= 15 is 0 Å². The zero-order valence-electron chi connectivity index (χ0n) is 6.50. The Bertz CT molecular complexity index is 154. The lowest BCUT2D eigenvalue weighted by molar-refractivity contribution is -0.878. The molecule has 3 heteroatoms. The van der Waals surface area contributed by atoms with Crippen LogP contribution < -0.4 is 0 Å². The van der Waals surface area contributed by atoms with Crippen molar-refractivity contribution >= 4 is 5.97 Å². The first-order chi connectivity index (χ1) is 4.51. The van der Waals surface area contributed by atoms with Gasteiger partial charge in [-0.3, -0.25) is 4.79 Å². The molecule has 0 radical (unpaired) electrons. The third-order valence-corrected chi connectivity index (χ3v) is 2.15. The highest BCUT2D eigenvalue weighted by Gasteiger charge is 2.35. The topological polar surface area (TPSA) is 37.3 Å². The molecule has 0 aliphatic carbocycles. The lowest BCUT2D eigenvalue weighted by atomic mass is 10.1. The van der Waals surface area contributed by atoms with Crippen molar-refractivity contribution in [2.45, 2.75) is 6.42 Å². The molecule has 1 atom stereocenters. The first-order valence-electron chi connectivity index (χ1n) is 3.56. The van der Waals surface area contributed by atoms with E-state index in [4.69, 9.17) is 5.11 Å². The normalized spacial score (nSPS) is 30.4. The minimum atomic E-state index is -0.635. The van der Waals surface area contributed by atoms with Crippen LogP contribution in [0.5, 0.6) is 0 Å². The van der Waals surface area contributed by atoms with Gasteiger partial charge < -0.3 is 9.59 Å². The minimum Gasteiger partial charge on any atom is -0.481 e. The number of rotatable bonds is 1. The smallest absolute Gasteiger partial charge is 0.312 e. The number of hydrogen-bond donors (Lipinski definition) is 1. The van der Waals surface area contributed by atoms with E-state index < -0.39 is 5.97 Å². The molecule has 0 bridgehead atoms. The van der Waals surface area contributed by atoms with E-state index in [0.717, 1.165) is 24.0 Å². The Morgan fingerprint density at radius 1 is 1.60 bits per heavy atom. The van der Waals surface area contributed by atoms with Crippen LogP contribution in [0.4, 0.5) is 0 Å². The molecular weight excluding hydrogens is 130 g/mol. The Labute approximate surface area is 60.8 Å². The van der Waals surface area contributed by atoms with Gasteiger partial charge in [0.25, 0.3) is 0 Å². The maximum absolute atomic E-state index is 10.5. The second-order valence-corrected chi connectivity index (χ2v) is 3.67. The Morgan fingerprint density at radius 2 is 2.20 bits per heavy atom. The third-order valence-electron chi connectivity index (χ3n) is 2.15. The van der Waals surface area contributed by atoms with Crippen LogP contribution >= 0.6 is 0 Å². The Balaban J connectivity index is 2.51. The van der Waals surface area contributed by atoms with E-state index in [0.29, 0.717) is 0 Å². The molecule has 0 aromatic carbocycles.